The van der Waals surface area contributed by atoms with Gasteiger partial charge in [-0.2, -0.15) is 0 Å². The fraction of sp³-hybridized carbons (Fsp3) is 0.556. The van der Waals surface area contributed by atoms with Gasteiger partial charge < -0.3 is 10.6 Å². The Morgan fingerprint density at radius 2 is 2.00 bits per heavy atom. The van der Waals surface area contributed by atoms with Crippen LogP contribution >= 0.6 is 0 Å². The lowest BCUT2D eigenvalue weighted by Crippen LogP contribution is -2.49. The topological polar surface area (TPSA) is 67.5 Å². The highest BCUT2D eigenvalue weighted by Crippen LogP contribution is 2.26. The van der Waals surface area contributed by atoms with E-state index in [-0.39, 0.29) is 29.1 Å². The molecule has 0 radical (unpaired) electrons. The molecule has 2 aromatic heterocycles. The maximum Gasteiger partial charge on any atom is 0.278 e. The van der Waals surface area contributed by atoms with Gasteiger partial charge in [-0.15, -0.1) is 0 Å². The zero-order valence-corrected chi connectivity index (χ0v) is 14.2. The second kappa shape index (κ2) is 5.77. The number of amides is 1. The van der Waals surface area contributed by atoms with Gasteiger partial charge in [-0.25, -0.2) is 4.68 Å². The molecule has 2 saturated heterocycles. The van der Waals surface area contributed by atoms with Gasteiger partial charge in [0, 0.05) is 30.4 Å². The van der Waals surface area contributed by atoms with Crippen LogP contribution in [0.15, 0.2) is 29.2 Å². The fourth-order valence-electron chi connectivity index (χ4n) is 4.21. The molecule has 4 heterocycles. The van der Waals surface area contributed by atoms with Crippen LogP contribution in [0.5, 0.6) is 0 Å². The molecule has 0 aromatic carbocycles. The SMILES string of the molecule is CC(C)n1c(=O)c(C(=O)NC2CC3CCC(C2)N3)cc2cccn21. The number of hydrogen-bond donors (Lipinski definition) is 2. The molecular formula is C18H24N4O2. The highest BCUT2D eigenvalue weighted by atomic mass is 16.2. The third kappa shape index (κ3) is 2.55. The van der Waals surface area contributed by atoms with E-state index >= 15 is 0 Å². The Morgan fingerprint density at radius 1 is 1.29 bits per heavy atom. The first-order valence-electron chi connectivity index (χ1n) is 8.82. The van der Waals surface area contributed by atoms with Gasteiger partial charge in [0.25, 0.3) is 11.5 Å². The molecule has 2 atom stereocenters. The van der Waals surface area contributed by atoms with Gasteiger partial charge in [0.15, 0.2) is 0 Å². The van der Waals surface area contributed by atoms with Crippen molar-refractivity contribution in [2.24, 2.45) is 0 Å². The van der Waals surface area contributed by atoms with Crippen molar-refractivity contribution in [3.8, 4) is 0 Å². The lowest BCUT2D eigenvalue weighted by Gasteiger charge is -2.29. The predicted molar refractivity (Wildman–Crippen MR) is 92.5 cm³/mol. The Morgan fingerprint density at radius 3 is 2.67 bits per heavy atom. The molecule has 128 valence electrons. The first-order chi connectivity index (χ1) is 11.5. The first kappa shape index (κ1) is 15.4. The second-order valence-electron chi connectivity index (χ2n) is 7.36. The lowest BCUT2D eigenvalue weighted by molar-refractivity contribution is 0.0921. The molecule has 2 aliphatic heterocycles. The zero-order chi connectivity index (χ0) is 16.8. The van der Waals surface area contributed by atoms with Crippen molar-refractivity contribution in [1.82, 2.24) is 19.8 Å². The van der Waals surface area contributed by atoms with Crippen molar-refractivity contribution >= 4 is 11.4 Å². The molecular weight excluding hydrogens is 304 g/mol. The number of aromatic nitrogens is 2. The Labute approximate surface area is 140 Å². The van der Waals surface area contributed by atoms with Crippen molar-refractivity contribution in [1.29, 1.82) is 0 Å². The molecule has 2 unspecified atom stereocenters. The molecule has 2 N–H and O–H groups in total. The number of hydrogen-bond acceptors (Lipinski definition) is 3. The third-order valence-electron chi connectivity index (χ3n) is 5.26. The van der Waals surface area contributed by atoms with Gasteiger partial charge in [-0.3, -0.25) is 14.1 Å². The monoisotopic (exact) mass is 328 g/mol. The fourth-order valence-corrected chi connectivity index (χ4v) is 4.21. The van der Waals surface area contributed by atoms with E-state index in [0.29, 0.717) is 12.1 Å². The van der Waals surface area contributed by atoms with Gasteiger partial charge in [0.2, 0.25) is 0 Å². The number of fused-ring (bicyclic) bond motifs is 3. The van der Waals surface area contributed by atoms with Crippen LogP contribution in [0.25, 0.3) is 5.52 Å². The van der Waals surface area contributed by atoms with E-state index in [1.165, 1.54) is 12.8 Å². The van der Waals surface area contributed by atoms with Crippen molar-refractivity contribution < 1.29 is 4.79 Å². The smallest absolute Gasteiger partial charge is 0.278 e. The summed E-state index contributed by atoms with van der Waals surface area (Å²) in [6.07, 6.45) is 6.13. The van der Waals surface area contributed by atoms with Crippen LogP contribution in [-0.4, -0.2) is 33.2 Å². The van der Waals surface area contributed by atoms with Crippen LogP contribution in [-0.2, 0) is 0 Å². The number of carbonyl (C=O) groups is 1. The van der Waals surface area contributed by atoms with Crippen molar-refractivity contribution in [3.63, 3.8) is 0 Å². The number of carbonyl (C=O) groups excluding carboxylic acids is 1. The van der Waals surface area contributed by atoms with Crippen LogP contribution in [0.3, 0.4) is 0 Å². The summed E-state index contributed by atoms with van der Waals surface area (Å²) in [5, 5.41) is 6.67. The summed E-state index contributed by atoms with van der Waals surface area (Å²) in [6.45, 7) is 3.90. The van der Waals surface area contributed by atoms with E-state index in [2.05, 4.69) is 10.6 Å². The summed E-state index contributed by atoms with van der Waals surface area (Å²) in [6, 6.07) is 6.66. The molecule has 6 heteroatoms. The Balaban J connectivity index is 1.64. The average Bonchev–Trinajstić information content (AvgIpc) is 3.12. The number of piperidine rings is 1. The maximum absolute atomic E-state index is 12.8. The van der Waals surface area contributed by atoms with Crippen LogP contribution in [0.4, 0.5) is 0 Å². The van der Waals surface area contributed by atoms with E-state index in [0.717, 1.165) is 18.4 Å². The minimum absolute atomic E-state index is 0.0186. The molecule has 2 aliphatic rings. The number of rotatable bonds is 3. The van der Waals surface area contributed by atoms with E-state index < -0.39 is 0 Å². The van der Waals surface area contributed by atoms with Crippen molar-refractivity contribution in [2.45, 2.75) is 63.7 Å². The van der Waals surface area contributed by atoms with Crippen LogP contribution < -0.4 is 16.2 Å². The third-order valence-corrected chi connectivity index (χ3v) is 5.26. The summed E-state index contributed by atoms with van der Waals surface area (Å²) in [5.74, 6) is -0.246. The zero-order valence-electron chi connectivity index (χ0n) is 14.2. The molecule has 0 spiro atoms. The van der Waals surface area contributed by atoms with E-state index in [9.17, 15) is 9.59 Å². The molecule has 2 aromatic rings. The Hall–Kier alpha value is -2.08. The normalized spacial score (nSPS) is 26.2. The summed E-state index contributed by atoms with van der Waals surface area (Å²) in [7, 11) is 0. The van der Waals surface area contributed by atoms with Crippen LogP contribution in [0.2, 0.25) is 0 Å². The van der Waals surface area contributed by atoms with Crippen molar-refractivity contribution in [3.05, 3.63) is 40.3 Å². The first-order valence-corrected chi connectivity index (χ1v) is 8.82. The molecule has 2 fully saturated rings. The Kier molecular flexibility index (Phi) is 3.72. The highest BCUT2D eigenvalue weighted by molar-refractivity contribution is 5.95. The highest BCUT2D eigenvalue weighted by Gasteiger charge is 2.34. The van der Waals surface area contributed by atoms with Gasteiger partial charge in [-0.05, 0) is 57.7 Å². The standard InChI is InChI=1S/C18H24N4O2/c1-11(2)22-18(24)16(10-15-4-3-7-21(15)22)17(23)20-14-8-12-5-6-13(9-14)19-12/h3-4,7,10-14,19H,5-6,8-9H2,1-2H3,(H,20,23). The maximum atomic E-state index is 12.8. The molecule has 0 aliphatic carbocycles. The summed E-state index contributed by atoms with van der Waals surface area (Å²) in [5.41, 5.74) is 0.864. The van der Waals surface area contributed by atoms with E-state index in [1.807, 2.05) is 36.7 Å². The van der Waals surface area contributed by atoms with Gasteiger partial charge in [-0.1, -0.05) is 0 Å². The predicted octanol–water partition coefficient (Wildman–Crippen LogP) is 1.69. The van der Waals surface area contributed by atoms with Crippen molar-refractivity contribution in [2.75, 3.05) is 0 Å². The molecule has 6 nitrogen and oxygen atoms in total. The largest absolute Gasteiger partial charge is 0.349 e. The molecule has 24 heavy (non-hydrogen) atoms. The minimum atomic E-state index is -0.246. The number of nitrogens with zero attached hydrogens (tertiary/aromatic N) is 2. The van der Waals surface area contributed by atoms with Crippen LogP contribution in [0, 0.1) is 0 Å². The average molecular weight is 328 g/mol. The van der Waals surface area contributed by atoms with Gasteiger partial charge in [0.05, 0.1) is 5.52 Å². The second-order valence-corrected chi connectivity index (χ2v) is 7.36. The molecule has 0 saturated carbocycles. The van der Waals surface area contributed by atoms with Crippen LogP contribution in [0.1, 0.15) is 55.9 Å². The molecule has 2 bridgehead atoms. The number of nitrogens with one attached hydrogen (secondary N) is 2. The lowest BCUT2D eigenvalue weighted by atomic mass is 9.99. The molecule has 4 rings (SSSR count). The summed E-state index contributed by atoms with van der Waals surface area (Å²) in [4.78, 5) is 25.6. The van der Waals surface area contributed by atoms with E-state index in [1.54, 1.807) is 10.7 Å². The minimum Gasteiger partial charge on any atom is -0.349 e. The van der Waals surface area contributed by atoms with Gasteiger partial charge in [0.1, 0.15) is 5.56 Å². The van der Waals surface area contributed by atoms with E-state index in [4.69, 9.17) is 0 Å². The summed E-state index contributed by atoms with van der Waals surface area (Å²) >= 11 is 0. The quantitative estimate of drug-likeness (QED) is 0.901. The molecule has 1 amide bonds. The Bertz CT molecular complexity index is 823. The summed E-state index contributed by atoms with van der Waals surface area (Å²) < 4.78 is 3.45. The van der Waals surface area contributed by atoms with Gasteiger partial charge >= 0.3 is 0 Å².